The van der Waals surface area contributed by atoms with Gasteiger partial charge in [-0.3, -0.25) is 4.57 Å². The number of benzene rings is 3. The molecule has 3 aromatic carbocycles. The minimum Gasteiger partial charge on any atom is -0.493 e. The van der Waals surface area contributed by atoms with Crippen LogP contribution in [0.1, 0.15) is 5.69 Å². The Labute approximate surface area is 161 Å². The van der Waals surface area contributed by atoms with E-state index < -0.39 is 0 Å². The Morgan fingerprint density at radius 2 is 1.29 bits per heavy atom. The Balaban J connectivity index is 1.70. The summed E-state index contributed by atoms with van der Waals surface area (Å²) in [6.07, 6.45) is 1.71. The number of nitrogens with zero attached hydrogens (tertiary/aromatic N) is 4. The maximum Gasteiger partial charge on any atom is 0.224 e. The van der Waals surface area contributed by atoms with E-state index in [1.165, 1.54) is 0 Å². The minimum absolute atomic E-state index is 0.0545. The molecule has 0 aliphatic carbocycles. The van der Waals surface area contributed by atoms with Crippen molar-refractivity contribution in [1.82, 2.24) is 9.55 Å². The average molecular weight is 364 g/mol. The van der Waals surface area contributed by atoms with Gasteiger partial charge in [-0.05, 0) is 24.3 Å². The van der Waals surface area contributed by atoms with E-state index in [1.807, 2.05) is 84.9 Å². The number of aromatic nitrogens is 2. The maximum absolute atomic E-state index is 11.0. The topological polar surface area (TPSA) is 62.8 Å². The molecule has 5 rings (SSSR count). The highest BCUT2D eigenvalue weighted by molar-refractivity contribution is 5.66. The van der Waals surface area contributed by atoms with Crippen molar-refractivity contribution in [3.05, 3.63) is 107 Å². The number of hydrogen-bond donors (Lipinski definition) is 1. The molecule has 0 saturated carbocycles. The van der Waals surface area contributed by atoms with Crippen molar-refractivity contribution in [3.8, 4) is 23.0 Å². The van der Waals surface area contributed by atoms with E-state index in [9.17, 15) is 5.11 Å². The standard InChI is InChI=1S/C23H16N4O/c28-23-20(15-21-24-18-13-7-8-14-19(18)25-21)26-22(16-9-3-1-4-10-16)27(23)17-11-5-2-6-12-17/h1-15,28H. The Morgan fingerprint density at radius 3 is 1.93 bits per heavy atom. The van der Waals surface area contributed by atoms with Crippen LogP contribution in [0, 0.1) is 0 Å². The van der Waals surface area contributed by atoms with Crippen LogP contribution in [0.3, 0.4) is 0 Å². The quantitative estimate of drug-likeness (QED) is 0.605. The molecule has 0 fully saturated rings. The molecule has 0 spiro atoms. The molecule has 0 atom stereocenters. The highest BCUT2D eigenvalue weighted by atomic mass is 16.3. The third-order valence-electron chi connectivity index (χ3n) is 4.54. The highest BCUT2D eigenvalue weighted by Gasteiger charge is 2.18. The monoisotopic (exact) mass is 364 g/mol. The van der Waals surface area contributed by atoms with Crippen molar-refractivity contribution in [1.29, 1.82) is 0 Å². The summed E-state index contributed by atoms with van der Waals surface area (Å²) in [5.74, 6) is 1.24. The summed E-state index contributed by atoms with van der Waals surface area (Å²) in [6, 6.07) is 27.2. The fourth-order valence-corrected chi connectivity index (χ4v) is 3.24. The van der Waals surface area contributed by atoms with Crippen LogP contribution in [0.5, 0.6) is 5.88 Å². The number of para-hydroxylation sites is 3. The molecule has 1 aliphatic heterocycles. The number of aromatic hydroxyl groups is 1. The molecule has 28 heavy (non-hydrogen) atoms. The lowest BCUT2D eigenvalue weighted by atomic mass is 10.2. The number of hydrogen-bond acceptors (Lipinski definition) is 4. The lowest BCUT2D eigenvalue weighted by Gasteiger charge is -2.08. The van der Waals surface area contributed by atoms with Crippen LogP contribution in [0.25, 0.3) is 23.2 Å². The summed E-state index contributed by atoms with van der Waals surface area (Å²) >= 11 is 0. The predicted octanol–water partition coefficient (Wildman–Crippen LogP) is 3.50. The van der Waals surface area contributed by atoms with Gasteiger partial charge in [0.25, 0.3) is 0 Å². The highest BCUT2D eigenvalue weighted by Crippen LogP contribution is 2.32. The van der Waals surface area contributed by atoms with Gasteiger partial charge in [0.05, 0.1) is 16.4 Å². The first-order valence-corrected chi connectivity index (χ1v) is 8.96. The fourth-order valence-electron chi connectivity index (χ4n) is 3.24. The number of fused-ring (bicyclic) bond motifs is 1. The third kappa shape index (κ3) is 2.79. The number of imidazole rings is 1. The Morgan fingerprint density at radius 1 is 0.714 bits per heavy atom. The van der Waals surface area contributed by atoms with E-state index in [-0.39, 0.29) is 5.88 Å². The predicted molar refractivity (Wildman–Crippen MR) is 107 cm³/mol. The lowest BCUT2D eigenvalue weighted by molar-refractivity contribution is 0.442. The van der Waals surface area contributed by atoms with E-state index >= 15 is 0 Å². The van der Waals surface area contributed by atoms with Gasteiger partial charge in [-0.2, -0.15) is 0 Å². The van der Waals surface area contributed by atoms with Crippen molar-refractivity contribution in [2.24, 2.45) is 9.98 Å². The van der Waals surface area contributed by atoms with Gasteiger partial charge in [0.1, 0.15) is 11.5 Å². The summed E-state index contributed by atoms with van der Waals surface area (Å²) in [5.41, 5.74) is 2.17. The summed E-state index contributed by atoms with van der Waals surface area (Å²) in [4.78, 5) is 13.7. The Bertz CT molecular complexity index is 1270. The molecule has 1 aliphatic rings. The van der Waals surface area contributed by atoms with Crippen LogP contribution in [0.2, 0.25) is 0 Å². The first-order chi connectivity index (χ1) is 13.8. The second-order valence-corrected chi connectivity index (χ2v) is 6.40. The second-order valence-electron chi connectivity index (χ2n) is 6.40. The molecule has 0 saturated heterocycles. The number of rotatable bonds is 3. The SMILES string of the molecule is Oc1c(C=C2N=c3ccccc3=N2)nc(-c2ccccc2)n1-c1ccccc1. The molecule has 0 radical (unpaired) electrons. The van der Waals surface area contributed by atoms with Crippen LogP contribution in [0.4, 0.5) is 0 Å². The Hall–Kier alpha value is -3.99. The first-order valence-electron chi connectivity index (χ1n) is 8.96. The van der Waals surface area contributed by atoms with Crippen molar-refractivity contribution in [2.75, 3.05) is 0 Å². The van der Waals surface area contributed by atoms with E-state index in [0.717, 1.165) is 22.0 Å². The van der Waals surface area contributed by atoms with Crippen molar-refractivity contribution in [3.63, 3.8) is 0 Å². The van der Waals surface area contributed by atoms with Gasteiger partial charge in [0, 0.05) is 11.6 Å². The van der Waals surface area contributed by atoms with Crippen LogP contribution in [0.15, 0.2) is 101 Å². The molecular formula is C23H16N4O. The molecule has 5 nitrogen and oxygen atoms in total. The van der Waals surface area contributed by atoms with Crippen molar-refractivity contribution < 1.29 is 5.11 Å². The smallest absolute Gasteiger partial charge is 0.224 e. The molecule has 1 N–H and O–H groups in total. The first kappa shape index (κ1) is 16.2. The van der Waals surface area contributed by atoms with E-state index in [0.29, 0.717) is 17.3 Å². The normalized spacial score (nSPS) is 12.2. The van der Waals surface area contributed by atoms with E-state index in [4.69, 9.17) is 4.98 Å². The zero-order valence-corrected chi connectivity index (χ0v) is 14.9. The fraction of sp³-hybridized carbons (Fsp3) is 0. The molecule has 0 bridgehead atoms. The summed E-state index contributed by atoms with van der Waals surface area (Å²) in [7, 11) is 0. The van der Waals surface area contributed by atoms with Crippen molar-refractivity contribution >= 4 is 6.08 Å². The van der Waals surface area contributed by atoms with E-state index in [2.05, 4.69) is 9.98 Å². The van der Waals surface area contributed by atoms with Crippen LogP contribution < -0.4 is 10.7 Å². The van der Waals surface area contributed by atoms with Gasteiger partial charge < -0.3 is 5.11 Å². The summed E-state index contributed by atoms with van der Waals surface area (Å²) < 4.78 is 1.74. The molecule has 0 unspecified atom stereocenters. The lowest BCUT2D eigenvalue weighted by Crippen LogP contribution is -2.19. The van der Waals surface area contributed by atoms with Crippen LogP contribution in [-0.4, -0.2) is 14.7 Å². The third-order valence-corrected chi connectivity index (χ3v) is 4.54. The molecule has 4 aromatic rings. The van der Waals surface area contributed by atoms with Crippen molar-refractivity contribution in [2.45, 2.75) is 0 Å². The molecule has 5 heteroatoms. The van der Waals surface area contributed by atoms with Gasteiger partial charge >= 0.3 is 0 Å². The molecule has 2 heterocycles. The van der Waals surface area contributed by atoms with Gasteiger partial charge in [0.2, 0.25) is 5.88 Å². The molecule has 0 amide bonds. The summed E-state index contributed by atoms with van der Waals surface area (Å²) in [6.45, 7) is 0. The van der Waals surface area contributed by atoms with Crippen LogP contribution in [-0.2, 0) is 0 Å². The summed E-state index contributed by atoms with van der Waals surface area (Å²) in [5, 5.41) is 12.6. The average Bonchev–Trinajstić information content (AvgIpc) is 3.30. The zero-order chi connectivity index (χ0) is 18.9. The van der Waals surface area contributed by atoms with Gasteiger partial charge in [0.15, 0.2) is 5.82 Å². The minimum atomic E-state index is 0.0545. The molecular weight excluding hydrogens is 348 g/mol. The van der Waals surface area contributed by atoms with Gasteiger partial charge in [-0.15, -0.1) is 0 Å². The zero-order valence-electron chi connectivity index (χ0n) is 14.9. The second kappa shape index (κ2) is 6.63. The van der Waals surface area contributed by atoms with Gasteiger partial charge in [-0.1, -0.05) is 60.7 Å². The van der Waals surface area contributed by atoms with Gasteiger partial charge in [-0.25, -0.2) is 15.0 Å². The molecule has 1 aromatic heterocycles. The van der Waals surface area contributed by atoms with Crippen LogP contribution >= 0.6 is 0 Å². The van der Waals surface area contributed by atoms with E-state index in [1.54, 1.807) is 10.6 Å². The maximum atomic E-state index is 11.0. The largest absolute Gasteiger partial charge is 0.493 e. The molecule has 134 valence electrons. The Kier molecular flexibility index (Phi) is 3.84.